The van der Waals surface area contributed by atoms with E-state index in [4.69, 9.17) is 4.74 Å². The van der Waals surface area contributed by atoms with E-state index < -0.39 is 0 Å². The summed E-state index contributed by atoms with van der Waals surface area (Å²) in [6, 6.07) is 10.1. The van der Waals surface area contributed by atoms with Gasteiger partial charge in [-0.05, 0) is 55.0 Å². The van der Waals surface area contributed by atoms with Crippen molar-refractivity contribution in [2.24, 2.45) is 11.8 Å². The van der Waals surface area contributed by atoms with Crippen LogP contribution in [0, 0.1) is 11.8 Å². The van der Waals surface area contributed by atoms with Gasteiger partial charge >= 0.3 is 0 Å². The lowest BCUT2D eigenvalue weighted by atomic mass is 9.77. The minimum Gasteiger partial charge on any atom is -0.497 e. The molecule has 152 valence electrons. The van der Waals surface area contributed by atoms with Crippen LogP contribution in [0.25, 0.3) is 5.69 Å². The summed E-state index contributed by atoms with van der Waals surface area (Å²) < 4.78 is 9.34. The van der Waals surface area contributed by atoms with Crippen molar-refractivity contribution in [1.82, 2.24) is 24.2 Å². The number of aliphatic hydroxyl groups excluding tert-OH is 1. The number of benzene rings is 1. The van der Waals surface area contributed by atoms with Gasteiger partial charge in [-0.15, -0.1) is 0 Å². The molecule has 1 saturated heterocycles. The number of likely N-dealkylation sites (tertiary alicyclic amines) is 1. The van der Waals surface area contributed by atoms with Gasteiger partial charge in [0.05, 0.1) is 25.8 Å². The number of hydrogen-bond donors (Lipinski definition) is 1. The zero-order valence-corrected chi connectivity index (χ0v) is 16.6. The Labute approximate surface area is 170 Å². The molecule has 0 bridgehead atoms. The summed E-state index contributed by atoms with van der Waals surface area (Å²) in [6.07, 6.45) is 9.14. The first-order valence-corrected chi connectivity index (χ1v) is 10.3. The predicted molar refractivity (Wildman–Crippen MR) is 109 cm³/mol. The number of nitrogens with zero attached hydrogens (tertiary/aromatic N) is 5. The molecule has 1 aliphatic carbocycles. The number of aliphatic hydroxyl groups is 1. The highest BCUT2D eigenvalue weighted by atomic mass is 16.5. The number of hydrogen-bond acceptors (Lipinski definition) is 5. The highest BCUT2D eigenvalue weighted by Crippen LogP contribution is 2.41. The van der Waals surface area contributed by atoms with Gasteiger partial charge in [0.2, 0.25) is 0 Å². The van der Waals surface area contributed by atoms with Gasteiger partial charge in [-0.2, -0.15) is 5.10 Å². The van der Waals surface area contributed by atoms with Crippen LogP contribution in [0.3, 0.4) is 0 Å². The molecular formula is C22H27N5O2. The molecule has 2 fully saturated rings. The quantitative estimate of drug-likeness (QED) is 0.721. The van der Waals surface area contributed by atoms with Crippen LogP contribution >= 0.6 is 0 Å². The SMILES string of the molecule is COc1ccc(-n2ccnc2CN2C[C@H]3C[C@@H](n4cccn4)[C@H](O)C[C@H]3C2)cc1. The molecule has 2 aliphatic rings. The van der Waals surface area contributed by atoms with Crippen LogP contribution in [-0.4, -0.2) is 55.6 Å². The van der Waals surface area contributed by atoms with E-state index in [0.29, 0.717) is 11.8 Å². The van der Waals surface area contributed by atoms with Crippen molar-refractivity contribution in [1.29, 1.82) is 0 Å². The number of methoxy groups -OCH3 is 1. The highest BCUT2D eigenvalue weighted by Gasteiger charge is 2.42. The average molecular weight is 393 g/mol. The molecule has 2 aromatic heterocycles. The molecule has 1 saturated carbocycles. The van der Waals surface area contributed by atoms with Gasteiger partial charge in [0.25, 0.3) is 0 Å². The van der Waals surface area contributed by atoms with Gasteiger partial charge in [-0.1, -0.05) is 0 Å². The lowest BCUT2D eigenvalue weighted by molar-refractivity contribution is 0.0306. The van der Waals surface area contributed by atoms with E-state index >= 15 is 0 Å². The number of aromatic nitrogens is 4. The maximum atomic E-state index is 10.7. The average Bonchev–Trinajstić information content (AvgIpc) is 3.48. The van der Waals surface area contributed by atoms with Crippen LogP contribution < -0.4 is 4.74 Å². The topological polar surface area (TPSA) is 68.3 Å². The van der Waals surface area contributed by atoms with E-state index in [2.05, 4.69) is 31.7 Å². The second kappa shape index (κ2) is 7.65. The summed E-state index contributed by atoms with van der Waals surface area (Å²) in [4.78, 5) is 7.10. The van der Waals surface area contributed by atoms with Crippen LogP contribution in [0.1, 0.15) is 24.7 Å². The van der Waals surface area contributed by atoms with Crippen molar-refractivity contribution >= 4 is 0 Å². The van der Waals surface area contributed by atoms with Gasteiger partial charge in [0.1, 0.15) is 11.6 Å². The molecule has 1 aromatic carbocycles. The van der Waals surface area contributed by atoms with Crippen LogP contribution in [0.4, 0.5) is 0 Å². The molecule has 0 amide bonds. The molecule has 3 aromatic rings. The minimum absolute atomic E-state index is 0.0903. The standard InChI is InChI=1S/C22H27N5O2/c1-29-19-5-3-18(4-6-19)26-10-8-23-22(26)15-25-13-16-11-20(27-9-2-7-24-27)21(28)12-17(16)14-25/h2-10,16-17,20-21,28H,11-15H2,1H3/t16-,17+,20-,21-/m1/s1. The monoisotopic (exact) mass is 393 g/mol. The molecule has 3 heterocycles. The Morgan fingerprint density at radius 1 is 1.07 bits per heavy atom. The molecular weight excluding hydrogens is 366 g/mol. The normalized spacial score (nSPS) is 27.1. The van der Waals surface area contributed by atoms with Crippen molar-refractivity contribution < 1.29 is 9.84 Å². The molecule has 5 rings (SSSR count). The zero-order chi connectivity index (χ0) is 19.8. The number of ether oxygens (including phenoxy) is 1. The second-order valence-electron chi connectivity index (χ2n) is 8.22. The predicted octanol–water partition coefficient (Wildman–Crippen LogP) is 2.52. The Balaban J connectivity index is 1.28. The van der Waals surface area contributed by atoms with Crippen molar-refractivity contribution in [3.63, 3.8) is 0 Å². The molecule has 1 N–H and O–H groups in total. The molecule has 1 aliphatic heterocycles. The second-order valence-corrected chi connectivity index (χ2v) is 8.22. The summed E-state index contributed by atoms with van der Waals surface area (Å²) in [6.45, 7) is 2.88. The minimum atomic E-state index is -0.322. The largest absolute Gasteiger partial charge is 0.497 e. The molecule has 7 nitrogen and oxygen atoms in total. The summed E-state index contributed by atoms with van der Waals surface area (Å²) in [5, 5.41) is 15.0. The van der Waals surface area contributed by atoms with Crippen LogP contribution in [0.5, 0.6) is 5.75 Å². The third-order valence-corrected chi connectivity index (χ3v) is 6.48. The van der Waals surface area contributed by atoms with Crippen molar-refractivity contribution in [2.75, 3.05) is 20.2 Å². The third-order valence-electron chi connectivity index (χ3n) is 6.48. The number of imidazole rings is 1. The van der Waals surface area contributed by atoms with Crippen LogP contribution in [0.2, 0.25) is 0 Å². The van der Waals surface area contributed by atoms with E-state index in [1.165, 1.54) is 0 Å². The maximum Gasteiger partial charge on any atom is 0.127 e. The maximum absolute atomic E-state index is 10.7. The lowest BCUT2D eigenvalue weighted by Gasteiger charge is -2.35. The van der Waals surface area contributed by atoms with Gasteiger partial charge in [-0.3, -0.25) is 9.58 Å². The fourth-order valence-electron chi connectivity index (χ4n) is 5.02. The van der Waals surface area contributed by atoms with Gasteiger partial charge in [0.15, 0.2) is 0 Å². The van der Waals surface area contributed by atoms with Crippen molar-refractivity contribution in [2.45, 2.75) is 31.5 Å². The van der Waals surface area contributed by atoms with E-state index in [-0.39, 0.29) is 12.1 Å². The van der Waals surface area contributed by atoms with Gasteiger partial charge < -0.3 is 14.4 Å². The van der Waals surface area contributed by atoms with E-state index in [0.717, 1.165) is 49.7 Å². The molecule has 4 atom stereocenters. The van der Waals surface area contributed by atoms with Gasteiger partial charge in [-0.25, -0.2) is 4.98 Å². The Morgan fingerprint density at radius 2 is 1.86 bits per heavy atom. The molecule has 7 heteroatoms. The number of fused-ring (bicyclic) bond motifs is 1. The Hall–Kier alpha value is -2.64. The molecule has 0 radical (unpaired) electrons. The van der Waals surface area contributed by atoms with E-state index in [9.17, 15) is 5.11 Å². The third kappa shape index (κ3) is 3.56. The smallest absolute Gasteiger partial charge is 0.127 e. The molecule has 29 heavy (non-hydrogen) atoms. The van der Waals surface area contributed by atoms with E-state index in [1.54, 1.807) is 13.3 Å². The molecule has 0 spiro atoms. The van der Waals surface area contributed by atoms with Crippen molar-refractivity contribution in [3.8, 4) is 11.4 Å². The zero-order valence-electron chi connectivity index (χ0n) is 16.6. The fourth-order valence-corrected chi connectivity index (χ4v) is 5.02. The van der Waals surface area contributed by atoms with Crippen molar-refractivity contribution in [3.05, 3.63) is 60.9 Å². The summed E-state index contributed by atoms with van der Waals surface area (Å²) in [7, 11) is 1.68. The Kier molecular flexibility index (Phi) is 4.85. The number of rotatable bonds is 5. The lowest BCUT2D eigenvalue weighted by Crippen LogP contribution is -2.36. The van der Waals surface area contributed by atoms with E-state index in [1.807, 2.05) is 41.5 Å². The Bertz CT molecular complexity index is 937. The van der Waals surface area contributed by atoms with Crippen LogP contribution in [-0.2, 0) is 6.54 Å². The fraction of sp³-hybridized carbons (Fsp3) is 0.455. The first-order valence-electron chi connectivity index (χ1n) is 10.3. The summed E-state index contributed by atoms with van der Waals surface area (Å²) in [5.41, 5.74) is 1.09. The summed E-state index contributed by atoms with van der Waals surface area (Å²) in [5.74, 6) is 3.03. The molecule has 0 unspecified atom stereocenters. The van der Waals surface area contributed by atoms with Gasteiger partial charge in [0, 0.05) is 43.6 Å². The summed E-state index contributed by atoms with van der Waals surface area (Å²) >= 11 is 0. The first kappa shape index (κ1) is 18.4. The highest BCUT2D eigenvalue weighted by molar-refractivity contribution is 5.38. The first-order chi connectivity index (χ1) is 14.2. The van der Waals surface area contributed by atoms with Crippen LogP contribution in [0.15, 0.2) is 55.1 Å². The Morgan fingerprint density at radius 3 is 2.59 bits per heavy atom.